The Bertz CT molecular complexity index is 1340. The van der Waals surface area contributed by atoms with Crippen LogP contribution in [-0.4, -0.2) is 65.8 Å². The van der Waals surface area contributed by atoms with Crippen LogP contribution in [0.4, 0.5) is 17.6 Å². The number of nitrogens with zero attached hydrogens (tertiary/aromatic N) is 3. The first-order valence-corrected chi connectivity index (χ1v) is 15.1. The van der Waals surface area contributed by atoms with Gasteiger partial charge in [0.05, 0.1) is 5.56 Å². The number of benzene rings is 2. The number of alkyl halides is 3. The van der Waals surface area contributed by atoms with Crippen molar-refractivity contribution in [1.29, 1.82) is 0 Å². The van der Waals surface area contributed by atoms with Crippen LogP contribution in [0.3, 0.4) is 0 Å². The monoisotopic (exact) mass is 607 g/mol. The molecule has 1 aliphatic carbocycles. The zero-order valence-corrected chi connectivity index (χ0v) is 25.1. The number of carbonyl (C=O) groups excluding carboxylic acids is 2. The number of carbonyl (C=O) groups is 2. The molecule has 10 heteroatoms. The van der Waals surface area contributed by atoms with Crippen LogP contribution in [-0.2, 0) is 28.7 Å². The van der Waals surface area contributed by atoms with E-state index in [-0.39, 0.29) is 41.7 Å². The molecule has 2 aliphatic heterocycles. The van der Waals surface area contributed by atoms with E-state index in [1.165, 1.54) is 6.07 Å². The lowest BCUT2D eigenvalue weighted by atomic mass is 9.92. The lowest BCUT2D eigenvalue weighted by Gasteiger charge is -2.34. The third kappa shape index (κ3) is 6.32. The normalized spacial score (nSPS) is 22.6. The molecule has 0 spiro atoms. The second-order valence-electron chi connectivity index (χ2n) is 12.5. The summed E-state index contributed by atoms with van der Waals surface area (Å²) < 4.78 is 53.6. The van der Waals surface area contributed by atoms with Crippen molar-refractivity contribution in [2.24, 2.45) is 11.3 Å². The fraction of sp³-hybridized carbons (Fsp3) is 0.562. The van der Waals surface area contributed by atoms with Gasteiger partial charge in [0, 0.05) is 61.0 Å². The number of hydrogen-bond acceptors (Lipinski definition) is 3. The summed E-state index contributed by atoms with van der Waals surface area (Å²) in [4.78, 5) is 32.3. The lowest BCUT2D eigenvalue weighted by molar-refractivity contribution is -0.142. The maximum absolute atomic E-state index is 14.3. The molecule has 5 rings (SSSR count). The van der Waals surface area contributed by atoms with Gasteiger partial charge in [-0.15, -0.1) is 0 Å². The summed E-state index contributed by atoms with van der Waals surface area (Å²) in [6.45, 7) is 6.34. The molecule has 42 heavy (non-hydrogen) atoms. The SMILES string of the molecule is CCc1ccc(C2CN(C(=O)C3CCN(C(=O)C4(C)CC4)CC3)CC2N(C)Cc2ccc(C(F)(F)F)c(F)c2)cc1Cl. The van der Waals surface area contributed by atoms with E-state index in [0.29, 0.717) is 49.6 Å². The average Bonchev–Trinajstić information content (AvgIpc) is 3.54. The molecule has 0 bridgehead atoms. The van der Waals surface area contributed by atoms with Crippen LogP contribution in [0.1, 0.15) is 67.7 Å². The lowest BCUT2D eigenvalue weighted by Crippen LogP contribution is -2.46. The number of piperidine rings is 1. The topological polar surface area (TPSA) is 43.9 Å². The Morgan fingerprint density at radius 1 is 1.05 bits per heavy atom. The van der Waals surface area contributed by atoms with E-state index in [4.69, 9.17) is 11.6 Å². The largest absolute Gasteiger partial charge is 0.419 e. The fourth-order valence-electron chi connectivity index (χ4n) is 6.48. The van der Waals surface area contributed by atoms with Crippen molar-refractivity contribution in [3.63, 3.8) is 0 Å². The van der Waals surface area contributed by atoms with Gasteiger partial charge in [-0.1, -0.05) is 43.6 Å². The first-order valence-electron chi connectivity index (χ1n) is 14.7. The van der Waals surface area contributed by atoms with Gasteiger partial charge in [-0.05, 0) is 74.0 Å². The molecule has 0 radical (unpaired) electrons. The minimum Gasteiger partial charge on any atom is -0.342 e. The van der Waals surface area contributed by atoms with E-state index in [0.717, 1.165) is 42.5 Å². The van der Waals surface area contributed by atoms with Gasteiger partial charge >= 0.3 is 6.18 Å². The predicted octanol–water partition coefficient (Wildman–Crippen LogP) is 6.53. The summed E-state index contributed by atoms with van der Waals surface area (Å²) in [6.07, 6.45) is -0.852. The number of halogens is 5. The standard InChI is InChI=1S/C32H38ClF4N3O2/c1-4-21-6-7-23(16-26(21)33)24-18-40(29(41)22-9-13-39(14-10-22)30(42)31(2)11-12-31)19-28(24)38(3)17-20-5-8-25(27(34)15-20)32(35,36)37/h5-8,15-16,22,24,28H,4,9-14,17-19H2,1-3H3. The fourth-order valence-corrected chi connectivity index (χ4v) is 6.81. The van der Waals surface area contributed by atoms with Crippen molar-refractivity contribution in [2.75, 3.05) is 33.2 Å². The Hall–Kier alpha value is -2.65. The zero-order valence-electron chi connectivity index (χ0n) is 24.3. The van der Waals surface area contributed by atoms with Gasteiger partial charge in [-0.3, -0.25) is 14.5 Å². The molecule has 2 saturated heterocycles. The van der Waals surface area contributed by atoms with Crippen molar-refractivity contribution in [3.05, 3.63) is 69.5 Å². The van der Waals surface area contributed by atoms with Crippen molar-refractivity contribution in [2.45, 2.75) is 70.6 Å². The smallest absolute Gasteiger partial charge is 0.342 e. The van der Waals surface area contributed by atoms with Gasteiger partial charge in [-0.25, -0.2) is 4.39 Å². The number of amides is 2. The van der Waals surface area contributed by atoms with Crippen LogP contribution < -0.4 is 0 Å². The summed E-state index contributed by atoms with van der Waals surface area (Å²) in [7, 11) is 1.85. The summed E-state index contributed by atoms with van der Waals surface area (Å²) >= 11 is 6.57. The first-order chi connectivity index (χ1) is 19.8. The maximum Gasteiger partial charge on any atom is 0.419 e. The number of rotatable bonds is 7. The van der Waals surface area contributed by atoms with E-state index in [1.54, 1.807) is 0 Å². The van der Waals surface area contributed by atoms with E-state index >= 15 is 0 Å². The van der Waals surface area contributed by atoms with Crippen molar-refractivity contribution in [3.8, 4) is 0 Å². The van der Waals surface area contributed by atoms with Crippen molar-refractivity contribution >= 4 is 23.4 Å². The second kappa shape index (κ2) is 11.8. The predicted molar refractivity (Wildman–Crippen MR) is 153 cm³/mol. The second-order valence-corrected chi connectivity index (χ2v) is 12.9. The molecule has 2 unspecified atom stereocenters. The minimum atomic E-state index is -4.75. The van der Waals surface area contributed by atoms with Gasteiger partial charge in [-0.2, -0.15) is 13.2 Å². The molecular weight excluding hydrogens is 570 g/mol. The molecule has 0 aromatic heterocycles. The van der Waals surface area contributed by atoms with Gasteiger partial charge < -0.3 is 9.80 Å². The van der Waals surface area contributed by atoms with Gasteiger partial charge in [0.25, 0.3) is 0 Å². The Kier molecular flexibility index (Phi) is 8.65. The third-order valence-corrected chi connectivity index (χ3v) is 9.82. The van der Waals surface area contributed by atoms with Crippen molar-refractivity contribution in [1.82, 2.24) is 14.7 Å². The Morgan fingerprint density at radius 3 is 2.31 bits per heavy atom. The number of likely N-dealkylation sites (tertiary alicyclic amines) is 2. The number of aryl methyl sites for hydroxylation is 1. The van der Waals surface area contributed by atoms with Crippen LogP contribution in [0.15, 0.2) is 36.4 Å². The Balaban J connectivity index is 1.32. The van der Waals surface area contributed by atoms with Crippen LogP contribution >= 0.6 is 11.6 Å². The Labute approximate surface area is 249 Å². The molecule has 0 N–H and O–H groups in total. The van der Waals surface area contributed by atoms with Crippen LogP contribution in [0.25, 0.3) is 0 Å². The molecule has 3 fully saturated rings. The number of likely N-dealkylation sites (N-methyl/N-ethyl adjacent to an activating group) is 1. The zero-order chi connectivity index (χ0) is 30.4. The molecular formula is C32H38ClF4N3O2. The van der Waals surface area contributed by atoms with Crippen LogP contribution in [0, 0.1) is 17.2 Å². The molecule has 228 valence electrons. The quantitative estimate of drug-likeness (QED) is 0.337. The summed E-state index contributed by atoms with van der Waals surface area (Å²) in [5, 5.41) is 0.660. The van der Waals surface area contributed by atoms with Gasteiger partial charge in [0.15, 0.2) is 0 Å². The third-order valence-electron chi connectivity index (χ3n) is 9.47. The van der Waals surface area contributed by atoms with Gasteiger partial charge in [0.1, 0.15) is 5.82 Å². The highest BCUT2D eigenvalue weighted by molar-refractivity contribution is 6.31. The van der Waals surface area contributed by atoms with E-state index in [1.807, 2.05) is 53.8 Å². The Morgan fingerprint density at radius 2 is 1.74 bits per heavy atom. The minimum absolute atomic E-state index is 0.0671. The van der Waals surface area contributed by atoms with E-state index < -0.39 is 17.6 Å². The highest BCUT2D eigenvalue weighted by Gasteiger charge is 2.48. The molecule has 3 aliphatic rings. The van der Waals surface area contributed by atoms with Crippen LogP contribution in [0.2, 0.25) is 5.02 Å². The molecule has 5 nitrogen and oxygen atoms in total. The molecule has 2 amide bonds. The number of hydrogen-bond donors (Lipinski definition) is 0. The summed E-state index contributed by atoms with van der Waals surface area (Å²) in [6, 6.07) is 8.85. The maximum atomic E-state index is 14.3. The first kappa shape index (κ1) is 30.8. The van der Waals surface area contributed by atoms with Crippen molar-refractivity contribution < 1.29 is 27.2 Å². The highest BCUT2D eigenvalue weighted by atomic mass is 35.5. The molecule has 2 aromatic rings. The average molecular weight is 608 g/mol. The molecule has 2 atom stereocenters. The summed E-state index contributed by atoms with van der Waals surface area (Å²) in [5.74, 6) is -1.28. The molecule has 1 saturated carbocycles. The summed E-state index contributed by atoms with van der Waals surface area (Å²) in [5.41, 5.74) is 0.932. The molecule has 2 heterocycles. The molecule has 2 aromatic carbocycles. The van der Waals surface area contributed by atoms with E-state index in [2.05, 4.69) is 0 Å². The van der Waals surface area contributed by atoms with E-state index in [9.17, 15) is 27.2 Å². The van der Waals surface area contributed by atoms with Crippen LogP contribution in [0.5, 0.6) is 0 Å². The van der Waals surface area contributed by atoms with Gasteiger partial charge in [0.2, 0.25) is 11.8 Å². The highest BCUT2D eigenvalue weighted by Crippen LogP contribution is 2.47.